The lowest BCUT2D eigenvalue weighted by Crippen LogP contribution is -2.04. The molecule has 0 aliphatic carbocycles. The van der Waals surface area contributed by atoms with Gasteiger partial charge in [-0.15, -0.1) is 0 Å². The third-order valence-electron chi connectivity index (χ3n) is 3.97. The summed E-state index contributed by atoms with van der Waals surface area (Å²) >= 11 is 0. The van der Waals surface area contributed by atoms with Gasteiger partial charge in [0.25, 0.3) is 0 Å². The van der Waals surface area contributed by atoms with Crippen LogP contribution >= 0.6 is 0 Å². The predicted octanol–water partition coefficient (Wildman–Crippen LogP) is 3.39. The van der Waals surface area contributed by atoms with Gasteiger partial charge in [-0.1, -0.05) is 5.16 Å². The zero-order valence-electron chi connectivity index (χ0n) is 14.4. The van der Waals surface area contributed by atoms with Gasteiger partial charge in [-0.2, -0.15) is 0 Å². The fraction of sp³-hybridized carbons (Fsp3) is 0.278. The number of benzene rings is 1. The van der Waals surface area contributed by atoms with E-state index in [1.165, 1.54) is 6.21 Å². The van der Waals surface area contributed by atoms with E-state index >= 15 is 0 Å². The Balaban J connectivity index is 2.06. The smallest absolute Gasteiger partial charge is 0.358 e. The minimum Gasteiger partial charge on any atom is -0.461 e. The van der Waals surface area contributed by atoms with Crippen molar-refractivity contribution in [1.29, 1.82) is 0 Å². The van der Waals surface area contributed by atoms with Gasteiger partial charge in [0.15, 0.2) is 5.69 Å². The number of aromatic nitrogens is 3. The van der Waals surface area contributed by atoms with Crippen LogP contribution in [0.1, 0.15) is 42.9 Å². The molecule has 3 rings (SSSR count). The van der Waals surface area contributed by atoms with E-state index in [0.29, 0.717) is 6.61 Å². The molecule has 0 amide bonds. The molecular formula is C18H20N4O3. The maximum Gasteiger partial charge on any atom is 0.358 e. The largest absolute Gasteiger partial charge is 0.461 e. The average Bonchev–Trinajstić information content (AvgIpc) is 3.20. The Bertz CT molecular complexity index is 937. The van der Waals surface area contributed by atoms with Crippen molar-refractivity contribution >= 4 is 23.1 Å². The third-order valence-corrected chi connectivity index (χ3v) is 3.97. The lowest BCUT2D eigenvalue weighted by molar-refractivity contribution is 0.0520. The number of carbonyl (C=O) groups excluding carboxylic acids is 1. The van der Waals surface area contributed by atoms with Crippen LogP contribution < -0.4 is 0 Å². The number of hydrogen-bond acceptors (Lipinski definition) is 5. The maximum absolute atomic E-state index is 11.8. The topological polar surface area (TPSA) is 81.6 Å². The molecular weight excluding hydrogens is 320 g/mol. The van der Waals surface area contributed by atoms with E-state index in [4.69, 9.17) is 9.94 Å². The third kappa shape index (κ3) is 3.13. The number of esters is 1. The van der Waals surface area contributed by atoms with Crippen molar-refractivity contribution in [2.45, 2.75) is 26.8 Å². The second-order valence-corrected chi connectivity index (χ2v) is 5.92. The summed E-state index contributed by atoms with van der Waals surface area (Å²) in [6, 6.07) is 6.21. The fourth-order valence-corrected chi connectivity index (χ4v) is 2.80. The molecule has 3 aromatic rings. The van der Waals surface area contributed by atoms with E-state index in [0.717, 1.165) is 22.2 Å². The van der Waals surface area contributed by atoms with Crippen LogP contribution in [0.2, 0.25) is 0 Å². The van der Waals surface area contributed by atoms with Crippen LogP contribution in [0.25, 0.3) is 16.6 Å². The molecule has 25 heavy (non-hydrogen) atoms. The van der Waals surface area contributed by atoms with Crippen LogP contribution in [-0.2, 0) is 4.74 Å². The number of imidazole rings is 1. The summed E-state index contributed by atoms with van der Waals surface area (Å²) in [6.45, 7) is 6.25. The number of fused-ring (bicyclic) bond motifs is 1. The number of ether oxygens (including phenoxy) is 1. The second kappa shape index (κ2) is 6.80. The summed E-state index contributed by atoms with van der Waals surface area (Å²) in [4.78, 5) is 15.9. The summed E-state index contributed by atoms with van der Waals surface area (Å²) < 4.78 is 8.85. The SMILES string of the molecule is CCOC(=O)c1cn(-c2ccc3c(c2)c(C=NO)cn3C(C)C)cn1. The molecule has 0 unspecified atom stereocenters. The number of oxime groups is 1. The van der Waals surface area contributed by atoms with Crippen LogP contribution in [0.3, 0.4) is 0 Å². The number of hydrogen-bond donors (Lipinski definition) is 1. The highest BCUT2D eigenvalue weighted by molar-refractivity contribution is 6.00. The molecule has 1 N–H and O–H groups in total. The Kier molecular flexibility index (Phi) is 4.56. The molecule has 0 aliphatic rings. The summed E-state index contributed by atoms with van der Waals surface area (Å²) in [5.41, 5.74) is 2.97. The Morgan fingerprint density at radius 3 is 2.88 bits per heavy atom. The van der Waals surface area contributed by atoms with Crippen LogP contribution in [0.5, 0.6) is 0 Å². The van der Waals surface area contributed by atoms with E-state index in [1.54, 1.807) is 24.0 Å². The molecule has 7 heteroatoms. The van der Waals surface area contributed by atoms with Crippen molar-refractivity contribution in [3.8, 4) is 5.69 Å². The van der Waals surface area contributed by atoms with Crippen molar-refractivity contribution in [1.82, 2.24) is 14.1 Å². The van der Waals surface area contributed by atoms with E-state index < -0.39 is 5.97 Å². The van der Waals surface area contributed by atoms with Crippen molar-refractivity contribution < 1.29 is 14.7 Å². The van der Waals surface area contributed by atoms with Gasteiger partial charge in [0.05, 0.1) is 12.8 Å². The molecule has 0 fully saturated rings. The molecule has 0 bridgehead atoms. The number of nitrogens with zero attached hydrogens (tertiary/aromatic N) is 4. The lowest BCUT2D eigenvalue weighted by Gasteiger charge is -2.09. The average molecular weight is 340 g/mol. The maximum atomic E-state index is 11.8. The van der Waals surface area contributed by atoms with Gasteiger partial charge in [0, 0.05) is 40.6 Å². The van der Waals surface area contributed by atoms with Crippen molar-refractivity contribution in [3.63, 3.8) is 0 Å². The Hall–Kier alpha value is -3.09. The summed E-state index contributed by atoms with van der Waals surface area (Å²) in [7, 11) is 0. The van der Waals surface area contributed by atoms with Crippen molar-refractivity contribution in [2.75, 3.05) is 6.61 Å². The van der Waals surface area contributed by atoms with Crippen molar-refractivity contribution in [2.24, 2.45) is 5.16 Å². The highest BCUT2D eigenvalue weighted by Gasteiger charge is 2.13. The fourth-order valence-electron chi connectivity index (χ4n) is 2.80. The van der Waals surface area contributed by atoms with Gasteiger partial charge in [-0.25, -0.2) is 9.78 Å². The molecule has 2 aromatic heterocycles. The van der Waals surface area contributed by atoms with E-state index in [2.05, 4.69) is 28.6 Å². The first-order valence-electron chi connectivity index (χ1n) is 8.08. The highest BCUT2D eigenvalue weighted by atomic mass is 16.5. The monoisotopic (exact) mass is 340 g/mol. The minimum atomic E-state index is -0.443. The number of rotatable bonds is 5. The molecule has 2 heterocycles. The molecule has 0 saturated heterocycles. The van der Waals surface area contributed by atoms with Crippen LogP contribution in [-0.4, -0.2) is 38.1 Å². The molecule has 0 aliphatic heterocycles. The van der Waals surface area contributed by atoms with Gasteiger partial charge in [-0.3, -0.25) is 0 Å². The van der Waals surface area contributed by atoms with E-state index in [1.807, 2.05) is 24.4 Å². The predicted molar refractivity (Wildman–Crippen MR) is 94.8 cm³/mol. The Labute approximate surface area is 145 Å². The summed E-state index contributed by atoms with van der Waals surface area (Å²) in [5.74, 6) is -0.443. The van der Waals surface area contributed by atoms with E-state index in [-0.39, 0.29) is 11.7 Å². The molecule has 0 spiro atoms. The molecule has 0 atom stereocenters. The Morgan fingerprint density at radius 2 is 2.20 bits per heavy atom. The molecule has 0 saturated carbocycles. The lowest BCUT2D eigenvalue weighted by atomic mass is 10.1. The van der Waals surface area contributed by atoms with Gasteiger partial charge in [0.2, 0.25) is 0 Å². The van der Waals surface area contributed by atoms with Crippen molar-refractivity contribution in [3.05, 3.63) is 48.2 Å². The second-order valence-electron chi connectivity index (χ2n) is 5.92. The quantitative estimate of drug-likeness (QED) is 0.334. The van der Waals surface area contributed by atoms with Gasteiger partial charge in [0.1, 0.15) is 6.33 Å². The highest BCUT2D eigenvalue weighted by Crippen LogP contribution is 2.26. The Morgan fingerprint density at radius 1 is 1.40 bits per heavy atom. The molecule has 0 radical (unpaired) electrons. The summed E-state index contributed by atoms with van der Waals surface area (Å²) in [5, 5.41) is 13.0. The van der Waals surface area contributed by atoms with Crippen LogP contribution in [0.15, 0.2) is 42.1 Å². The van der Waals surface area contributed by atoms with Gasteiger partial charge < -0.3 is 19.1 Å². The van der Waals surface area contributed by atoms with E-state index in [9.17, 15) is 4.79 Å². The summed E-state index contributed by atoms with van der Waals surface area (Å²) in [6.07, 6.45) is 6.59. The van der Waals surface area contributed by atoms with Gasteiger partial charge >= 0.3 is 5.97 Å². The number of carbonyl (C=O) groups is 1. The standard InChI is InChI=1S/C18H20N4O3/c1-4-25-18(23)16-10-21(11-19-16)14-5-6-17-15(7-14)13(8-20-24)9-22(17)12(2)3/h5-12,24H,4H2,1-3H3. The molecule has 7 nitrogen and oxygen atoms in total. The first-order valence-corrected chi connectivity index (χ1v) is 8.08. The first-order chi connectivity index (χ1) is 12.0. The van der Waals surface area contributed by atoms with Crippen LogP contribution in [0.4, 0.5) is 0 Å². The molecule has 1 aromatic carbocycles. The van der Waals surface area contributed by atoms with Gasteiger partial charge in [-0.05, 0) is 39.0 Å². The molecule has 130 valence electrons. The minimum absolute atomic E-state index is 0.263. The first kappa shape index (κ1) is 16.8. The normalized spacial score (nSPS) is 11.7. The zero-order valence-corrected chi connectivity index (χ0v) is 14.4. The van der Waals surface area contributed by atoms with Crippen LogP contribution in [0, 0.1) is 0 Å². The zero-order chi connectivity index (χ0) is 18.0.